The molecule has 0 aliphatic rings. The Balaban J connectivity index is 2.16. The maximum absolute atomic E-state index is 3.63. The molecule has 0 atom stereocenters. The van der Waals surface area contributed by atoms with Crippen LogP contribution in [-0.4, -0.2) is 13.6 Å². The van der Waals surface area contributed by atoms with E-state index in [0.29, 0.717) is 5.41 Å². The Hall–Kier alpha value is -0.380. The largest absolute Gasteiger partial charge is 0.319 e. The van der Waals surface area contributed by atoms with Crippen LogP contribution in [0.4, 0.5) is 0 Å². The third kappa shape index (κ3) is 3.14. The lowest BCUT2D eigenvalue weighted by molar-refractivity contribution is 0.325. The van der Waals surface area contributed by atoms with Crippen LogP contribution in [-0.2, 0) is 6.42 Å². The van der Waals surface area contributed by atoms with Crippen molar-refractivity contribution >= 4 is 37.4 Å². The molecule has 0 saturated heterocycles. The highest BCUT2D eigenvalue weighted by Crippen LogP contribution is 2.34. The third-order valence-corrected chi connectivity index (χ3v) is 5.36. The second-order valence-corrected chi connectivity index (χ2v) is 7.31. The lowest BCUT2D eigenvalue weighted by atomic mass is 9.86. The number of benzene rings is 1. The van der Waals surface area contributed by atoms with Crippen molar-refractivity contribution in [1.29, 1.82) is 0 Å². The topological polar surface area (TPSA) is 12.0 Å². The second kappa shape index (κ2) is 5.72. The Kier molecular flexibility index (Phi) is 4.46. The molecule has 1 heterocycles. The Morgan fingerprint density at radius 3 is 2.83 bits per heavy atom. The molecule has 0 radical (unpaired) electrons. The normalized spacial score (nSPS) is 12.2. The summed E-state index contributed by atoms with van der Waals surface area (Å²) < 4.78 is 2.59. The minimum absolute atomic E-state index is 0.356. The fourth-order valence-electron chi connectivity index (χ4n) is 2.31. The molecule has 0 amide bonds. The Bertz CT molecular complexity index is 530. The second-order valence-electron chi connectivity index (χ2n) is 5.57. The molecule has 3 heteroatoms. The van der Waals surface area contributed by atoms with Gasteiger partial charge in [-0.15, -0.1) is 11.3 Å². The van der Waals surface area contributed by atoms with Crippen molar-refractivity contribution in [2.24, 2.45) is 5.41 Å². The van der Waals surface area contributed by atoms with Gasteiger partial charge in [0.25, 0.3) is 0 Å². The number of fused-ring (bicyclic) bond motifs is 1. The van der Waals surface area contributed by atoms with Crippen molar-refractivity contribution in [1.82, 2.24) is 5.32 Å². The fraction of sp³-hybridized carbons (Fsp3) is 0.467. The van der Waals surface area contributed by atoms with Crippen LogP contribution in [0.15, 0.2) is 28.1 Å². The van der Waals surface area contributed by atoms with Gasteiger partial charge in [0.2, 0.25) is 0 Å². The van der Waals surface area contributed by atoms with E-state index in [4.69, 9.17) is 0 Å². The molecule has 0 unspecified atom stereocenters. The first-order valence-electron chi connectivity index (χ1n) is 6.33. The first-order valence-corrected chi connectivity index (χ1v) is 8.00. The molecule has 0 fully saturated rings. The van der Waals surface area contributed by atoms with E-state index in [1.54, 1.807) is 0 Å². The zero-order valence-corrected chi connectivity index (χ0v) is 13.6. The Labute approximate surface area is 122 Å². The van der Waals surface area contributed by atoms with E-state index in [-0.39, 0.29) is 0 Å². The number of hydrogen-bond donors (Lipinski definition) is 1. The van der Waals surface area contributed by atoms with E-state index in [2.05, 4.69) is 58.7 Å². The molecule has 0 saturated carbocycles. The third-order valence-electron chi connectivity index (χ3n) is 3.36. The summed E-state index contributed by atoms with van der Waals surface area (Å²) in [7, 11) is 2.03. The van der Waals surface area contributed by atoms with Crippen molar-refractivity contribution in [2.75, 3.05) is 13.6 Å². The summed E-state index contributed by atoms with van der Waals surface area (Å²) in [4.78, 5) is 0. The highest BCUT2D eigenvalue weighted by molar-refractivity contribution is 9.10. The molecule has 0 aliphatic heterocycles. The monoisotopic (exact) mass is 325 g/mol. The van der Waals surface area contributed by atoms with Crippen LogP contribution >= 0.6 is 27.3 Å². The lowest BCUT2D eigenvalue weighted by Crippen LogP contribution is -2.27. The van der Waals surface area contributed by atoms with Gasteiger partial charge in [0.15, 0.2) is 0 Å². The summed E-state index contributed by atoms with van der Waals surface area (Å²) >= 11 is 5.47. The predicted octanol–water partition coefficient (Wildman–Crippen LogP) is 4.84. The molecule has 0 bridgehead atoms. The summed E-state index contributed by atoms with van der Waals surface area (Å²) in [5.41, 5.74) is 1.84. The summed E-state index contributed by atoms with van der Waals surface area (Å²) in [5.74, 6) is 0. The number of nitrogens with one attached hydrogen (secondary N) is 1. The first kappa shape index (κ1) is 14.0. The minimum atomic E-state index is 0.356. The summed E-state index contributed by atoms with van der Waals surface area (Å²) in [6, 6.07) is 6.48. The smallest absolute Gasteiger partial charge is 0.0487 e. The number of hydrogen-bond acceptors (Lipinski definition) is 2. The molecule has 1 nitrogen and oxygen atoms in total. The van der Waals surface area contributed by atoms with E-state index in [1.165, 1.54) is 26.5 Å². The molecular formula is C15H20BrNS. The van der Waals surface area contributed by atoms with Gasteiger partial charge in [-0.25, -0.2) is 0 Å². The first-order chi connectivity index (χ1) is 8.53. The van der Waals surface area contributed by atoms with Gasteiger partial charge in [0.05, 0.1) is 0 Å². The van der Waals surface area contributed by atoms with Gasteiger partial charge in [0, 0.05) is 9.17 Å². The fourth-order valence-corrected chi connectivity index (χ4v) is 3.97. The van der Waals surface area contributed by atoms with E-state index < -0.39 is 0 Å². The van der Waals surface area contributed by atoms with Crippen molar-refractivity contribution in [3.8, 4) is 0 Å². The Morgan fingerprint density at radius 2 is 2.11 bits per heavy atom. The summed E-state index contributed by atoms with van der Waals surface area (Å²) in [5, 5.41) is 7.00. The standard InChI is InChI=1S/C15H20BrNS/c1-15(2,10-17-3)8-7-11-9-18-14-12(11)5-4-6-13(14)16/h4-6,9,17H,7-8,10H2,1-3H3. The molecule has 1 aromatic heterocycles. The quantitative estimate of drug-likeness (QED) is 0.829. The highest BCUT2D eigenvalue weighted by atomic mass is 79.9. The maximum atomic E-state index is 3.63. The average molecular weight is 326 g/mol. The van der Waals surface area contributed by atoms with E-state index in [9.17, 15) is 0 Å². The number of thiophene rings is 1. The maximum Gasteiger partial charge on any atom is 0.0487 e. The zero-order chi connectivity index (χ0) is 13.2. The SMILES string of the molecule is CNCC(C)(C)CCc1csc2c(Br)cccc12. The predicted molar refractivity (Wildman–Crippen MR) is 85.6 cm³/mol. The van der Waals surface area contributed by atoms with Gasteiger partial charge in [-0.1, -0.05) is 26.0 Å². The van der Waals surface area contributed by atoms with E-state index >= 15 is 0 Å². The van der Waals surface area contributed by atoms with Gasteiger partial charge in [0.1, 0.15) is 0 Å². The van der Waals surface area contributed by atoms with Gasteiger partial charge in [-0.3, -0.25) is 0 Å². The highest BCUT2D eigenvalue weighted by Gasteiger charge is 2.17. The van der Waals surface area contributed by atoms with Crippen LogP contribution in [0.5, 0.6) is 0 Å². The summed E-state index contributed by atoms with van der Waals surface area (Å²) in [6.07, 6.45) is 2.37. The molecule has 98 valence electrons. The van der Waals surface area contributed by atoms with Crippen molar-refractivity contribution in [3.05, 3.63) is 33.6 Å². The molecule has 18 heavy (non-hydrogen) atoms. The number of rotatable bonds is 5. The molecule has 1 aromatic carbocycles. The van der Waals surface area contributed by atoms with Crippen LogP contribution in [0.3, 0.4) is 0 Å². The van der Waals surface area contributed by atoms with Gasteiger partial charge >= 0.3 is 0 Å². The van der Waals surface area contributed by atoms with Crippen LogP contribution in [0.2, 0.25) is 0 Å². The van der Waals surface area contributed by atoms with Crippen LogP contribution in [0, 0.1) is 5.41 Å². The summed E-state index contributed by atoms with van der Waals surface area (Å²) in [6.45, 7) is 5.72. The molecule has 0 spiro atoms. The van der Waals surface area contributed by atoms with Crippen molar-refractivity contribution < 1.29 is 0 Å². The average Bonchev–Trinajstić information content (AvgIpc) is 2.71. The van der Waals surface area contributed by atoms with E-state index in [1.807, 2.05) is 18.4 Å². The van der Waals surface area contributed by atoms with Gasteiger partial charge < -0.3 is 5.32 Å². The van der Waals surface area contributed by atoms with Gasteiger partial charge in [-0.2, -0.15) is 0 Å². The zero-order valence-electron chi connectivity index (χ0n) is 11.2. The molecule has 2 rings (SSSR count). The van der Waals surface area contributed by atoms with Crippen molar-refractivity contribution in [2.45, 2.75) is 26.7 Å². The van der Waals surface area contributed by atoms with E-state index in [0.717, 1.165) is 13.0 Å². The van der Waals surface area contributed by atoms with Crippen LogP contribution < -0.4 is 5.32 Å². The van der Waals surface area contributed by atoms with Crippen molar-refractivity contribution in [3.63, 3.8) is 0 Å². The lowest BCUT2D eigenvalue weighted by Gasteiger charge is -2.23. The van der Waals surface area contributed by atoms with Crippen LogP contribution in [0.25, 0.3) is 10.1 Å². The molecule has 0 aliphatic carbocycles. The molecular weight excluding hydrogens is 306 g/mol. The number of halogens is 1. The van der Waals surface area contributed by atoms with Gasteiger partial charge in [-0.05, 0) is 70.2 Å². The molecule has 2 aromatic rings. The number of aryl methyl sites for hydroxylation is 1. The molecule has 1 N–H and O–H groups in total. The van der Waals surface area contributed by atoms with Crippen LogP contribution in [0.1, 0.15) is 25.8 Å². The Morgan fingerprint density at radius 1 is 1.33 bits per heavy atom. The minimum Gasteiger partial charge on any atom is -0.319 e.